The van der Waals surface area contributed by atoms with Crippen LogP contribution in [0, 0.1) is 11.7 Å². The number of halogens is 1. The van der Waals surface area contributed by atoms with Crippen LogP contribution in [0.2, 0.25) is 0 Å². The van der Waals surface area contributed by atoms with Crippen molar-refractivity contribution in [3.8, 4) is 5.75 Å². The van der Waals surface area contributed by atoms with E-state index in [0.717, 1.165) is 19.5 Å². The van der Waals surface area contributed by atoms with Crippen LogP contribution in [0.5, 0.6) is 5.75 Å². The molecule has 0 radical (unpaired) electrons. The van der Waals surface area contributed by atoms with Gasteiger partial charge in [0.05, 0.1) is 7.11 Å². The Hall–Kier alpha value is -1.62. The van der Waals surface area contributed by atoms with Crippen LogP contribution in [0.4, 0.5) is 4.39 Å². The molecule has 5 heteroatoms. The Balaban J connectivity index is 1.82. The number of rotatable bonds is 5. The zero-order valence-corrected chi connectivity index (χ0v) is 11.7. The highest BCUT2D eigenvalue weighted by Crippen LogP contribution is 2.18. The van der Waals surface area contributed by atoms with E-state index in [4.69, 9.17) is 4.74 Å². The third-order valence-corrected chi connectivity index (χ3v) is 3.71. The summed E-state index contributed by atoms with van der Waals surface area (Å²) in [5.74, 6) is 0.131. The first-order valence-electron chi connectivity index (χ1n) is 7.03. The largest absolute Gasteiger partial charge is 0.494 e. The summed E-state index contributed by atoms with van der Waals surface area (Å²) in [6.45, 7) is 2.78. The number of nitrogens with one attached hydrogen (secondary N) is 2. The fourth-order valence-corrected chi connectivity index (χ4v) is 2.46. The number of amides is 1. The minimum absolute atomic E-state index is 0.0935. The lowest BCUT2D eigenvalue weighted by atomic mass is 9.95. The van der Waals surface area contributed by atoms with Gasteiger partial charge >= 0.3 is 0 Å². The van der Waals surface area contributed by atoms with E-state index in [1.807, 2.05) is 0 Å². The predicted octanol–water partition coefficient (Wildman–Crippen LogP) is 1.95. The van der Waals surface area contributed by atoms with Gasteiger partial charge in [0.1, 0.15) is 0 Å². The van der Waals surface area contributed by atoms with Gasteiger partial charge in [-0.3, -0.25) is 4.79 Å². The normalized spacial score (nSPS) is 15.9. The number of piperidine rings is 1. The lowest BCUT2D eigenvalue weighted by Crippen LogP contribution is -2.31. The maximum Gasteiger partial charge on any atom is 0.251 e. The van der Waals surface area contributed by atoms with Crippen molar-refractivity contribution in [3.63, 3.8) is 0 Å². The molecule has 2 rings (SSSR count). The molecule has 1 amide bonds. The number of hydrogen-bond acceptors (Lipinski definition) is 3. The molecule has 1 heterocycles. The molecule has 2 N–H and O–H groups in total. The summed E-state index contributed by atoms with van der Waals surface area (Å²) in [7, 11) is 1.39. The van der Waals surface area contributed by atoms with Crippen molar-refractivity contribution in [1.29, 1.82) is 0 Å². The van der Waals surface area contributed by atoms with Gasteiger partial charge in [-0.05, 0) is 56.5 Å². The minimum Gasteiger partial charge on any atom is -0.494 e. The van der Waals surface area contributed by atoms with E-state index in [1.54, 1.807) is 0 Å². The van der Waals surface area contributed by atoms with Crippen LogP contribution in [-0.2, 0) is 0 Å². The first kappa shape index (κ1) is 14.8. The van der Waals surface area contributed by atoms with Crippen LogP contribution in [0.3, 0.4) is 0 Å². The van der Waals surface area contributed by atoms with Crippen molar-refractivity contribution >= 4 is 5.91 Å². The van der Waals surface area contributed by atoms with Crippen molar-refractivity contribution in [2.45, 2.75) is 19.3 Å². The highest BCUT2D eigenvalue weighted by molar-refractivity contribution is 5.94. The highest BCUT2D eigenvalue weighted by Gasteiger charge is 2.14. The second-order valence-electron chi connectivity index (χ2n) is 5.09. The molecule has 0 aromatic heterocycles. The van der Waals surface area contributed by atoms with E-state index in [-0.39, 0.29) is 11.7 Å². The molecule has 1 aliphatic rings. The maximum absolute atomic E-state index is 13.3. The van der Waals surface area contributed by atoms with Crippen LogP contribution in [0.25, 0.3) is 0 Å². The van der Waals surface area contributed by atoms with Gasteiger partial charge in [-0.2, -0.15) is 0 Å². The summed E-state index contributed by atoms with van der Waals surface area (Å²) in [5.41, 5.74) is 0.425. The quantitative estimate of drug-likeness (QED) is 0.867. The standard InChI is InChI=1S/C15H21FN2O2/c1-20-14-10-12(2-3-13(14)16)15(19)18-9-6-11-4-7-17-8-5-11/h2-3,10-11,17H,4-9H2,1H3,(H,18,19). The number of ether oxygens (including phenoxy) is 1. The number of carbonyl (C=O) groups excluding carboxylic acids is 1. The van der Waals surface area contributed by atoms with Gasteiger partial charge in [0.2, 0.25) is 0 Å². The molecule has 0 atom stereocenters. The van der Waals surface area contributed by atoms with Gasteiger partial charge in [-0.1, -0.05) is 0 Å². The highest BCUT2D eigenvalue weighted by atomic mass is 19.1. The van der Waals surface area contributed by atoms with E-state index in [0.29, 0.717) is 18.0 Å². The Kier molecular flexibility index (Phi) is 5.35. The Labute approximate surface area is 118 Å². The zero-order chi connectivity index (χ0) is 14.4. The molecule has 20 heavy (non-hydrogen) atoms. The van der Waals surface area contributed by atoms with Crippen molar-refractivity contribution in [1.82, 2.24) is 10.6 Å². The van der Waals surface area contributed by atoms with Crippen LogP contribution < -0.4 is 15.4 Å². The second-order valence-corrected chi connectivity index (χ2v) is 5.09. The lowest BCUT2D eigenvalue weighted by molar-refractivity contribution is 0.0950. The Morgan fingerprint density at radius 1 is 1.45 bits per heavy atom. The van der Waals surface area contributed by atoms with Crippen LogP contribution in [0.15, 0.2) is 18.2 Å². The number of carbonyl (C=O) groups is 1. The van der Waals surface area contributed by atoms with Crippen molar-refractivity contribution in [2.24, 2.45) is 5.92 Å². The summed E-state index contributed by atoms with van der Waals surface area (Å²) in [5, 5.41) is 6.20. The maximum atomic E-state index is 13.3. The van der Waals surface area contributed by atoms with Crippen LogP contribution >= 0.6 is 0 Å². The molecular weight excluding hydrogens is 259 g/mol. The lowest BCUT2D eigenvalue weighted by Gasteiger charge is -2.22. The number of benzene rings is 1. The third-order valence-electron chi connectivity index (χ3n) is 3.71. The van der Waals surface area contributed by atoms with E-state index in [1.165, 1.54) is 38.2 Å². The van der Waals surface area contributed by atoms with Crippen molar-refractivity contribution in [3.05, 3.63) is 29.6 Å². The average molecular weight is 280 g/mol. The molecule has 1 saturated heterocycles. The third kappa shape index (κ3) is 3.93. The number of methoxy groups -OCH3 is 1. The molecule has 110 valence electrons. The monoisotopic (exact) mass is 280 g/mol. The van der Waals surface area contributed by atoms with Gasteiger partial charge in [0.15, 0.2) is 11.6 Å². The second kappa shape index (κ2) is 7.24. The van der Waals surface area contributed by atoms with Crippen molar-refractivity contribution < 1.29 is 13.9 Å². The van der Waals surface area contributed by atoms with E-state index >= 15 is 0 Å². The molecule has 1 aliphatic heterocycles. The molecule has 0 spiro atoms. The smallest absolute Gasteiger partial charge is 0.251 e. The Morgan fingerprint density at radius 2 is 2.20 bits per heavy atom. The molecular formula is C15H21FN2O2. The van der Waals surface area contributed by atoms with Gasteiger partial charge in [-0.25, -0.2) is 4.39 Å². The van der Waals surface area contributed by atoms with E-state index in [2.05, 4.69) is 10.6 Å². The molecule has 1 aromatic rings. The first-order valence-corrected chi connectivity index (χ1v) is 7.03. The van der Waals surface area contributed by atoms with E-state index in [9.17, 15) is 9.18 Å². The summed E-state index contributed by atoms with van der Waals surface area (Å²) in [4.78, 5) is 12.0. The summed E-state index contributed by atoms with van der Waals surface area (Å²) in [6.07, 6.45) is 3.33. The molecule has 0 saturated carbocycles. The molecule has 0 bridgehead atoms. The topological polar surface area (TPSA) is 50.4 Å². The zero-order valence-electron chi connectivity index (χ0n) is 11.7. The summed E-state index contributed by atoms with van der Waals surface area (Å²) in [6, 6.07) is 4.15. The molecule has 0 unspecified atom stereocenters. The summed E-state index contributed by atoms with van der Waals surface area (Å²) >= 11 is 0. The van der Waals surface area contributed by atoms with E-state index < -0.39 is 5.82 Å². The van der Waals surface area contributed by atoms with Gasteiger partial charge in [0.25, 0.3) is 5.91 Å². The summed E-state index contributed by atoms with van der Waals surface area (Å²) < 4.78 is 18.1. The fourth-order valence-electron chi connectivity index (χ4n) is 2.46. The molecule has 4 nitrogen and oxygen atoms in total. The SMILES string of the molecule is COc1cc(C(=O)NCCC2CCNCC2)ccc1F. The van der Waals surface area contributed by atoms with Crippen molar-refractivity contribution in [2.75, 3.05) is 26.7 Å². The molecule has 0 aliphatic carbocycles. The molecule has 1 aromatic carbocycles. The van der Waals surface area contributed by atoms with Crippen LogP contribution in [-0.4, -0.2) is 32.7 Å². The molecule has 1 fully saturated rings. The average Bonchev–Trinajstić information content (AvgIpc) is 2.48. The Morgan fingerprint density at radius 3 is 2.90 bits per heavy atom. The first-order chi connectivity index (χ1) is 9.70. The fraction of sp³-hybridized carbons (Fsp3) is 0.533. The predicted molar refractivity (Wildman–Crippen MR) is 75.5 cm³/mol. The van der Waals surface area contributed by atoms with Crippen LogP contribution in [0.1, 0.15) is 29.6 Å². The van der Waals surface area contributed by atoms with Gasteiger partial charge in [0, 0.05) is 12.1 Å². The number of hydrogen-bond donors (Lipinski definition) is 2. The van der Waals surface area contributed by atoms with Gasteiger partial charge < -0.3 is 15.4 Å². The minimum atomic E-state index is -0.459. The Bertz CT molecular complexity index is 459. The van der Waals surface area contributed by atoms with Gasteiger partial charge in [-0.15, -0.1) is 0 Å².